The van der Waals surface area contributed by atoms with Gasteiger partial charge in [-0.25, -0.2) is 4.52 Å². The highest BCUT2D eigenvalue weighted by Crippen LogP contribution is 2.24. The van der Waals surface area contributed by atoms with E-state index in [1.807, 2.05) is 51.0 Å². The number of thiophene rings is 2. The molecule has 8 heteroatoms. The third kappa shape index (κ3) is 3.71. The highest BCUT2D eigenvalue weighted by atomic mass is 32.1. The summed E-state index contributed by atoms with van der Waals surface area (Å²) in [5.74, 6) is 0.670. The lowest BCUT2D eigenvalue weighted by molar-refractivity contribution is -0.116. The topological polar surface area (TPSA) is 59.3 Å². The van der Waals surface area contributed by atoms with E-state index in [1.165, 1.54) is 0 Å². The standard InChI is InChI=1S/C17H14N4OS3/c22-15(6-5-13-3-1-9-23-13)18-8-7-12-11-25-17-19-16(20-21(12)17)14-4-2-10-24-14/h1-6,9-11H,7-8H2,(H,18,22). The highest BCUT2D eigenvalue weighted by Gasteiger charge is 2.12. The fourth-order valence-corrected chi connectivity index (χ4v) is 4.45. The van der Waals surface area contributed by atoms with Crippen LogP contribution in [0.1, 0.15) is 10.6 Å². The minimum atomic E-state index is -0.0854. The van der Waals surface area contributed by atoms with Gasteiger partial charge in [0.05, 0.1) is 10.6 Å². The van der Waals surface area contributed by atoms with Crippen LogP contribution in [0.3, 0.4) is 0 Å². The summed E-state index contributed by atoms with van der Waals surface area (Å²) in [7, 11) is 0. The Morgan fingerprint density at radius 2 is 2.08 bits per heavy atom. The third-order valence-electron chi connectivity index (χ3n) is 3.51. The smallest absolute Gasteiger partial charge is 0.244 e. The molecule has 0 aliphatic carbocycles. The van der Waals surface area contributed by atoms with E-state index in [1.54, 1.807) is 40.1 Å². The molecule has 4 aromatic rings. The summed E-state index contributed by atoms with van der Waals surface area (Å²) in [6.45, 7) is 0.563. The minimum absolute atomic E-state index is 0.0854. The van der Waals surface area contributed by atoms with Crippen LogP contribution in [0, 0.1) is 0 Å². The zero-order valence-corrected chi connectivity index (χ0v) is 15.5. The molecule has 126 valence electrons. The monoisotopic (exact) mass is 386 g/mol. The van der Waals surface area contributed by atoms with Gasteiger partial charge in [-0.05, 0) is 29.0 Å². The van der Waals surface area contributed by atoms with E-state index in [4.69, 9.17) is 0 Å². The average Bonchev–Trinajstić information content (AvgIpc) is 3.37. The lowest BCUT2D eigenvalue weighted by Crippen LogP contribution is -2.23. The molecule has 0 fully saturated rings. The molecule has 0 aliphatic heterocycles. The molecule has 0 aromatic carbocycles. The van der Waals surface area contributed by atoms with E-state index < -0.39 is 0 Å². The number of carbonyl (C=O) groups is 1. The summed E-state index contributed by atoms with van der Waals surface area (Å²) < 4.78 is 1.87. The summed E-state index contributed by atoms with van der Waals surface area (Å²) in [6.07, 6.45) is 4.11. The summed E-state index contributed by atoms with van der Waals surface area (Å²) in [4.78, 5) is 19.4. The van der Waals surface area contributed by atoms with Crippen LogP contribution < -0.4 is 5.32 Å². The van der Waals surface area contributed by atoms with Crippen molar-refractivity contribution in [2.24, 2.45) is 0 Å². The average molecular weight is 387 g/mol. The van der Waals surface area contributed by atoms with E-state index in [2.05, 4.69) is 15.4 Å². The van der Waals surface area contributed by atoms with Gasteiger partial charge in [-0.2, -0.15) is 4.98 Å². The van der Waals surface area contributed by atoms with E-state index in [0.29, 0.717) is 13.0 Å². The molecule has 4 rings (SSSR count). The summed E-state index contributed by atoms with van der Waals surface area (Å²) in [5, 5.41) is 13.5. The number of thiazole rings is 1. The largest absolute Gasteiger partial charge is 0.352 e. The lowest BCUT2D eigenvalue weighted by atomic mass is 10.3. The maximum absolute atomic E-state index is 11.9. The fraction of sp³-hybridized carbons (Fsp3) is 0.118. The molecule has 0 saturated heterocycles. The zero-order valence-electron chi connectivity index (χ0n) is 13.1. The maximum Gasteiger partial charge on any atom is 0.244 e. The van der Waals surface area contributed by atoms with Gasteiger partial charge in [0.25, 0.3) is 0 Å². The first kappa shape index (κ1) is 16.2. The SMILES string of the molecule is O=C(C=Cc1cccs1)NCCc1csc2nc(-c3cccs3)nn12. The Balaban J connectivity index is 1.37. The molecule has 0 aliphatic rings. The van der Waals surface area contributed by atoms with Gasteiger partial charge in [-0.3, -0.25) is 4.79 Å². The Labute approximate surface area is 156 Å². The molecule has 0 radical (unpaired) electrons. The van der Waals surface area contributed by atoms with Gasteiger partial charge in [-0.1, -0.05) is 12.1 Å². The highest BCUT2D eigenvalue weighted by molar-refractivity contribution is 7.15. The summed E-state index contributed by atoms with van der Waals surface area (Å²) in [5.41, 5.74) is 1.05. The summed E-state index contributed by atoms with van der Waals surface area (Å²) >= 11 is 4.80. The molecule has 1 N–H and O–H groups in total. The van der Waals surface area contributed by atoms with Gasteiger partial charge in [-0.15, -0.1) is 39.1 Å². The second-order valence-corrected chi connectivity index (χ2v) is 7.99. The van der Waals surface area contributed by atoms with Gasteiger partial charge >= 0.3 is 0 Å². The van der Waals surface area contributed by atoms with E-state index >= 15 is 0 Å². The van der Waals surface area contributed by atoms with Crippen molar-refractivity contribution in [1.29, 1.82) is 0 Å². The first-order chi connectivity index (χ1) is 12.3. The van der Waals surface area contributed by atoms with Crippen LogP contribution in [0.4, 0.5) is 0 Å². The molecule has 4 aromatic heterocycles. The van der Waals surface area contributed by atoms with Crippen LogP contribution in [0.15, 0.2) is 46.5 Å². The molecule has 1 amide bonds. The first-order valence-electron chi connectivity index (χ1n) is 7.66. The van der Waals surface area contributed by atoms with Crippen molar-refractivity contribution < 1.29 is 4.79 Å². The van der Waals surface area contributed by atoms with Crippen LogP contribution in [-0.2, 0) is 11.2 Å². The van der Waals surface area contributed by atoms with Gasteiger partial charge in [0, 0.05) is 29.3 Å². The van der Waals surface area contributed by atoms with Gasteiger partial charge in [0.15, 0.2) is 5.82 Å². The van der Waals surface area contributed by atoms with E-state index in [-0.39, 0.29) is 5.91 Å². The van der Waals surface area contributed by atoms with Crippen LogP contribution in [0.5, 0.6) is 0 Å². The predicted molar refractivity (Wildman–Crippen MR) is 104 cm³/mol. The van der Waals surface area contributed by atoms with Crippen LogP contribution in [-0.4, -0.2) is 27.0 Å². The quantitative estimate of drug-likeness (QED) is 0.511. The number of aromatic nitrogens is 3. The fourth-order valence-electron chi connectivity index (χ4n) is 2.32. The number of nitrogens with one attached hydrogen (secondary N) is 1. The Morgan fingerprint density at radius 1 is 1.20 bits per heavy atom. The number of fused-ring (bicyclic) bond motifs is 1. The van der Waals surface area contributed by atoms with Crippen LogP contribution in [0.2, 0.25) is 0 Å². The van der Waals surface area contributed by atoms with Gasteiger partial charge in [0.1, 0.15) is 0 Å². The van der Waals surface area contributed by atoms with Crippen molar-refractivity contribution in [3.8, 4) is 10.7 Å². The molecule has 5 nitrogen and oxygen atoms in total. The second kappa shape index (κ2) is 7.30. The van der Waals surface area contributed by atoms with E-state index in [9.17, 15) is 4.79 Å². The zero-order chi connectivity index (χ0) is 17.1. The van der Waals surface area contributed by atoms with Crippen molar-refractivity contribution in [2.45, 2.75) is 6.42 Å². The van der Waals surface area contributed by atoms with Crippen molar-refractivity contribution in [3.63, 3.8) is 0 Å². The molecule has 0 unspecified atom stereocenters. The number of amides is 1. The number of nitrogens with zero attached hydrogens (tertiary/aromatic N) is 3. The Bertz CT molecular complexity index is 996. The molecule has 0 saturated carbocycles. The van der Waals surface area contributed by atoms with Crippen LogP contribution >= 0.6 is 34.0 Å². The lowest BCUT2D eigenvalue weighted by Gasteiger charge is -2.01. The van der Waals surface area contributed by atoms with E-state index in [0.717, 1.165) is 26.2 Å². The first-order valence-corrected chi connectivity index (χ1v) is 10.3. The molecule has 0 atom stereocenters. The molecule has 4 heterocycles. The molecule has 25 heavy (non-hydrogen) atoms. The van der Waals surface area contributed by atoms with Crippen molar-refractivity contribution in [2.75, 3.05) is 6.54 Å². The van der Waals surface area contributed by atoms with Gasteiger partial charge in [0.2, 0.25) is 10.9 Å². The van der Waals surface area contributed by atoms with Crippen LogP contribution in [0.25, 0.3) is 21.7 Å². The van der Waals surface area contributed by atoms with Crippen molar-refractivity contribution >= 4 is 51.0 Å². The molecule has 0 spiro atoms. The Hall–Kier alpha value is -2.29. The number of hydrogen-bond acceptors (Lipinski definition) is 6. The number of rotatable bonds is 6. The second-order valence-electron chi connectivity index (χ2n) is 5.22. The number of hydrogen-bond donors (Lipinski definition) is 1. The van der Waals surface area contributed by atoms with Crippen molar-refractivity contribution in [1.82, 2.24) is 19.9 Å². The Morgan fingerprint density at radius 3 is 2.88 bits per heavy atom. The predicted octanol–water partition coefficient (Wildman–Crippen LogP) is 3.95. The maximum atomic E-state index is 11.9. The normalized spacial score (nSPS) is 11.5. The third-order valence-corrected chi connectivity index (χ3v) is 6.08. The molecular weight excluding hydrogens is 372 g/mol. The summed E-state index contributed by atoms with van der Waals surface area (Å²) in [6, 6.07) is 7.96. The Kier molecular flexibility index (Phi) is 4.73. The van der Waals surface area contributed by atoms with Crippen molar-refractivity contribution in [3.05, 3.63) is 57.1 Å². The molecular formula is C17H14N4OS3. The molecule has 0 bridgehead atoms. The number of carbonyl (C=O) groups excluding carboxylic acids is 1. The minimum Gasteiger partial charge on any atom is -0.352 e. The van der Waals surface area contributed by atoms with Gasteiger partial charge < -0.3 is 5.32 Å².